The Morgan fingerprint density at radius 1 is 1.71 bits per heavy atom. The summed E-state index contributed by atoms with van der Waals surface area (Å²) in [5.74, 6) is 0.142. The third kappa shape index (κ3) is 3.72. The standard InChI is InChI=1S/C10H16BrN3O2S/c1-3-14-8(9(11)6(2)13-14)5-17-4-7(12)10(15)16/h7H,3-5,12H2,1-2H3,(H,15,16). The highest BCUT2D eigenvalue weighted by molar-refractivity contribution is 9.10. The molecule has 0 saturated heterocycles. The van der Waals surface area contributed by atoms with Gasteiger partial charge in [-0.1, -0.05) is 0 Å². The van der Waals surface area contributed by atoms with Crippen molar-refractivity contribution in [2.45, 2.75) is 32.2 Å². The third-order valence-electron chi connectivity index (χ3n) is 2.31. The van der Waals surface area contributed by atoms with E-state index in [9.17, 15) is 4.79 Å². The number of carboxylic acid groups (broad SMARTS) is 1. The number of rotatable bonds is 6. The SMILES string of the molecule is CCn1nc(C)c(Br)c1CSCC(N)C(=O)O. The van der Waals surface area contributed by atoms with Crippen molar-refractivity contribution in [1.29, 1.82) is 0 Å². The van der Waals surface area contributed by atoms with Crippen LogP contribution in [0.4, 0.5) is 0 Å². The summed E-state index contributed by atoms with van der Waals surface area (Å²) in [4.78, 5) is 10.6. The lowest BCUT2D eigenvalue weighted by atomic mass is 10.4. The van der Waals surface area contributed by atoms with Crippen LogP contribution in [0, 0.1) is 6.92 Å². The summed E-state index contributed by atoms with van der Waals surface area (Å²) in [6, 6.07) is -0.808. The summed E-state index contributed by atoms with van der Waals surface area (Å²) < 4.78 is 2.91. The molecule has 17 heavy (non-hydrogen) atoms. The van der Waals surface area contributed by atoms with E-state index in [0.717, 1.165) is 22.4 Å². The molecule has 1 rings (SSSR count). The van der Waals surface area contributed by atoms with E-state index in [1.54, 1.807) is 0 Å². The molecule has 0 aliphatic rings. The number of carbonyl (C=O) groups is 1. The van der Waals surface area contributed by atoms with Crippen molar-refractivity contribution in [3.63, 3.8) is 0 Å². The molecule has 1 aromatic heterocycles. The summed E-state index contributed by atoms with van der Waals surface area (Å²) in [5, 5.41) is 13.0. The van der Waals surface area contributed by atoms with Crippen molar-refractivity contribution >= 4 is 33.7 Å². The molecule has 5 nitrogen and oxygen atoms in total. The summed E-state index contributed by atoms with van der Waals surface area (Å²) in [6.45, 7) is 4.76. The molecule has 0 aliphatic heterocycles. The van der Waals surface area contributed by atoms with Crippen LogP contribution in [0.2, 0.25) is 0 Å². The largest absolute Gasteiger partial charge is 0.480 e. The minimum Gasteiger partial charge on any atom is -0.480 e. The van der Waals surface area contributed by atoms with Crippen LogP contribution in [0.5, 0.6) is 0 Å². The van der Waals surface area contributed by atoms with Crippen LogP contribution >= 0.6 is 27.7 Å². The lowest BCUT2D eigenvalue weighted by Crippen LogP contribution is -2.32. The van der Waals surface area contributed by atoms with Gasteiger partial charge >= 0.3 is 5.97 Å². The normalized spacial score (nSPS) is 12.7. The Balaban J connectivity index is 2.60. The van der Waals surface area contributed by atoms with Crippen LogP contribution in [0.1, 0.15) is 18.3 Å². The van der Waals surface area contributed by atoms with Gasteiger partial charge in [-0.05, 0) is 29.8 Å². The molecule has 1 aromatic rings. The fourth-order valence-electron chi connectivity index (χ4n) is 1.36. The van der Waals surface area contributed by atoms with Gasteiger partial charge in [-0.25, -0.2) is 0 Å². The number of halogens is 1. The van der Waals surface area contributed by atoms with Crippen LogP contribution in [-0.4, -0.2) is 32.7 Å². The topological polar surface area (TPSA) is 81.1 Å². The predicted octanol–water partition coefficient (Wildman–Crippen LogP) is 1.62. The van der Waals surface area contributed by atoms with Gasteiger partial charge in [-0.3, -0.25) is 9.48 Å². The second kappa shape index (κ2) is 6.42. The molecule has 0 amide bonds. The molecule has 0 aromatic carbocycles. The number of carboxylic acids is 1. The highest BCUT2D eigenvalue weighted by Gasteiger charge is 2.15. The Hall–Kier alpha value is -0.530. The van der Waals surface area contributed by atoms with Gasteiger partial charge in [0.25, 0.3) is 0 Å². The van der Waals surface area contributed by atoms with Crippen LogP contribution < -0.4 is 5.73 Å². The van der Waals surface area contributed by atoms with Crippen molar-refractivity contribution in [2.75, 3.05) is 5.75 Å². The number of aromatic nitrogens is 2. The molecule has 0 fully saturated rings. The average molecular weight is 322 g/mol. The molecule has 0 saturated carbocycles. The van der Waals surface area contributed by atoms with Crippen LogP contribution in [0.25, 0.3) is 0 Å². The third-order valence-corrected chi connectivity index (χ3v) is 4.41. The maximum Gasteiger partial charge on any atom is 0.321 e. The highest BCUT2D eigenvalue weighted by Crippen LogP contribution is 2.25. The number of nitrogens with two attached hydrogens (primary N) is 1. The van der Waals surface area contributed by atoms with Crippen molar-refractivity contribution in [3.8, 4) is 0 Å². The molecular weight excluding hydrogens is 306 g/mol. The lowest BCUT2D eigenvalue weighted by Gasteiger charge is -2.07. The maximum atomic E-state index is 10.6. The maximum absolute atomic E-state index is 10.6. The predicted molar refractivity (Wildman–Crippen MR) is 72.1 cm³/mol. The van der Waals surface area contributed by atoms with Gasteiger partial charge in [-0.15, -0.1) is 0 Å². The first-order chi connectivity index (χ1) is 7.97. The number of hydrogen-bond donors (Lipinski definition) is 2. The van der Waals surface area contributed by atoms with Gasteiger partial charge in [0, 0.05) is 18.1 Å². The molecule has 0 radical (unpaired) electrons. The lowest BCUT2D eigenvalue weighted by molar-refractivity contribution is -0.137. The van der Waals surface area contributed by atoms with Crippen LogP contribution in [0.3, 0.4) is 0 Å². The zero-order valence-corrected chi connectivity index (χ0v) is 12.2. The van der Waals surface area contributed by atoms with E-state index in [1.165, 1.54) is 11.8 Å². The van der Waals surface area contributed by atoms with Gasteiger partial charge in [0.15, 0.2) is 0 Å². The van der Waals surface area contributed by atoms with Crippen molar-refractivity contribution < 1.29 is 9.90 Å². The number of aliphatic carboxylic acids is 1. The van der Waals surface area contributed by atoms with Crippen molar-refractivity contribution in [2.24, 2.45) is 5.73 Å². The van der Waals surface area contributed by atoms with E-state index in [-0.39, 0.29) is 0 Å². The smallest absolute Gasteiger partial charge is 0.321 e. The van der Waals surface area contributed by atoms with E-state index in [0.29, 0.717) is 11.5 Å². The summed E-state index contributed by atoms with van der Waals surface area (Å²) >= 11 is 5.00. The molecule has 96 valence electrons. The Labute approximate surface area is 113 Å². The fraction of sp³-hybridized carbons (Fsp3) is 0.600. The molecule has 0 bridgehead atoms. The fourth-order valence-corrected chi connectivity index (χ4v) is 2.97. The molecular formula is C10H16BrN3O2S. The summed E-state index contributed by atoms with van der Waals surface area (Å²) in [5.41, 5.74) is 7.47. The van der Waals surface area contributed by atoms with Gasteiger partial charge in [0.05, 0.1) is 15.9 Å². The molecule has 0 aliphatic carbocycles. The van der Waals surface area contributed by atoms with Gasteiger partial charge in [-0.2, -0.15) is 16.9 Å². The number of thioether (sulfide) groups is 1. The summed E-state index contributed by atoms with van der Waals surface area (Å²) in [7, 11) is 0. The molecule has 1 atom stereocenters. The molecule has 0 spiro atoms. The van der Waals surface area contributed by atoms with Crippen molar-refractivity contribution in [3.05, 3.63) is 15.9 Å². The Morgan fingerprint density at radius 3 is 2.88 bits per heavy atom. The Morgan fingerprint density at radius 2 is 2.35 bits per heavy atom. The van der Waals surface area contributed by atoms with E-state index in [4.69, 9.17) is 10.8 Å². The van der Waals surface area contributed by atoms with Gasteiger partial charge in [0.1, 0.15) is 6.04 Å². The monoisotopic (exact) mass is 321 g/mol. The number of aryl methyl sites for hydroxylation is 2. The molecule has 1 unspecified atom stereocenters. The molecule has 7 heteroatoms. The minimum atomic E-state index is -0.961. The number of nitrogens with zero attached hydrogens (tertiary/aromatic N) is 2. The first-order valence-electron chi connectivity index (χ1n) is 5.25. The quantitative estimate of drug-likeness (QED) is 0.832. The number of hydrogen-bond acceptors (Lipinski definition) is 4. The van der Waals surface area contributed by atoms with E-state index >= 15 is 0 Å². The summed E-state index contributed by atoms with van der Waals surface area (Å²) in [6.07, 6.45) is 0. The Kier molecular flexibility index (Phi) is 5.48. The second-order valence-corrected chi connectivity index (χ2v) is 5.44. The van der Waals surface area contributed by atoms with E-state index in [2.05, 4.69) is 21.0 Å². The van der Waals surface area contributed by atoms with E-state index < -0.39 is 12.0 Å². The second-order valence-electron chi connectivity index (χ2n) is 3.62. The first-order valence-corrected chi connectivity index (χ1v) is 7.20. The van der Waals surface area contributed by atoms with Gasteiger partial charge < -0.3 is 10.8 Å². The Bertz CT molecular complexity index is 409. The van der Waals surface area contributed by atoms with Crippen LogP contribution in [0.15, 0.2) is 4.47 Å². The molecule has 3 N–H and O–H groups in total. The van der Waals surface area contributed by atoms with Crippen molar-refractivity contribution in [1.82, 2.24) is 9.78 Å². The van der Waals surface area contributed by atoms with Gasteiger partial charge in [0.2, 0.25) is 0 Å². The van der Waals surface area contributed by atoms with E-state index in [1.807, 2.05) is 18.5 Å². The first kappa shape index (κ1) is 14.5. The molecule has 1 heterocycles. The highest BCUT2D eigenvalue weighted by atomic mass is 79.9. The average Bonchev–Trinajstić information content (AvgIpc) is 2.56. The zero-order valence-electron chi connectivity index (χ0n) is 9.81. The minimum absolute atomic E-state index is 0.399. The van der Waals surface area contributed by atoms with Crippen LogP contribution in [-0.2, 0) is 17.1 Å². The zero-order chi connectivity index (χ0) is 13.0.